The van der Waals surface area contributed by atoms with E-state index in [1.807, 2.05) is 6.07 Å². The van der Waals surface area contributed by atoms with Crippen LogP contribution >= 0.6 is 0 Å². The third-order valence-electron chi connectivity index (χ3n) is 6.55. The van der Waals surface area contributed by atoms with Gasteiger partial charge in [-0.25, -0.2) is 0 Å². The molecular weight excluding hydrogens is 382 g/mol. The Balaban J connectivity index is 1.06. The Morgan fingerprint density at radius 1 is 0.933 bits per heavy atom. The van der Waals surface area contributed by atoms with Crippen LogP contribution in [-0.2, 0) is 17.7 Å². The predicted octanol–water partition coefficient (Wildman–Crippen LogP) is 3.58. The molecule has 0 saturated carbocycles. The minimum Gasteiger partial charge on any atom is -0.486 e. The molecule has 1 aromatic heterocycles. The molecule has 4 heterocycles. The standard InChI is InChI=1S/C23H31N3O4/c1-3-20-21(29-14-13-28-20)15-18(1)16-26-9-5-17(6-10-26)2-4-22-24-23(30-25-22)19-7-11-27-12-8-19/h1,3,15,17,19H,2,4-14,16H2. The van der Waals surface area contributed by atoms with E-state index in [2.05, 4.69) is 27.2 Å². The van der Waals surface area contributed by atoms with Crippen LogP contribution in [0.3, 0.4) is 0 Å². The molecule has 0 atom stereocenters. The highest BCUT2D eigenvalue weighted by Gasteiger charge is 2.24. The van der Waals surface area contributed by atoms with Crippen molar-refractivity contribution in [1.29, 1.82) is 0 Å². The van der Waals surface area contributed by atoms with Crippen molar-refractivity contribution >= 4 is 0 Å². The lowest BCUT2D eigenvalue weighted by Crippen LogP contribution is -2.33. The molecule has 3 aliphatic rings. The van der Waals surface area contributed by atoms with Gasteiger partial charge in [-0.3, -0.25) is 4.90 Å². The molecule has 0 spiro atoms. The van der Waals surface area contributed by atoms with E-state index in [-0.39, 0.29) is 0 Å². The summed E-state index contributed by atoms with van der Waals surface area (Å²) < 4.78 is 22.3. The van der Waals surface area contributed by atoms with Gasteiger partial charge in [-0.1, -0.05) is 11.2 Å². The van der Waals surface area contributed by atoms with E-state index in [4.69, 9.17) is 18.7 Å². The average Bonchev–Trinajstić information content (AvgIpc) is 3.28. The van der Waals surface area contributed by atoms with Crippen molar-refractivity contribution in [3.63, 3.8) is 0 Å². The molecule has 5 rings (SSSR count). The molecular formula is C23H31N3O4. The normalized spacial score (nSPS) is 21.1. The van der Waals surface area contributed by atoms with Crippen molar-refractivity contribution in [3.8, 4) is 11.5 Å². The first kappa shape index (κ1) is 19.8. The first-order valence-electron chi connectivity index (χ1n) is 11.3. The highest BCUT2D eigenvalue weighted by atomic mass is 16.6. The van der Waals surface area contributed by atoms with Crippen LogP contribution in [-0.4, -0.2) is 54.6 Å². The zero-order chi connectivity index (χ0) is 20.2. The average molecular weight is 414 g/mol. The lowest BCUT2D eigenvalue weighted by molar-refractivity contribution is 0.0778. The summed E-state index contributed by atoms with van der Waals surface area (Å²) in [4.78, 5) is 7.20. The molecule has 0 N–H and O–H groups in total. The van der Waals surface area contributed by atoms with Crippen molar-refractivity contribution in [2.45, 2.75) is 51.0 Å². The van der Waals surface area contributed by atoms with Gasteiger partial charge in [-0.2, -0.15) is 4.98 Å². The number of piperidine rings is 1. The number of aromatic nitrogens is 2. The van der Waals surface area contributed by atoms with Crippen molar-refractivity contribution in [2.24, 2.45) is 5.92 Å². The van der Waals surface area contributed by atoms with E-state index >= 15 is 0 Å². The lowest BCUT2D eigenvalue weighted by atomic mass is 9.92. The van der Waals surface area contributed by atoms with Crippen molar-refractivity contribution in [1.82, 2.24) is 15.0 Å². The smallest absolute Gasteiger partial charge is 0.229 e. The fraction of sp³-hybridized carbons (Fsp3) is 0.652. The largest absolute Gasteiger partial charge is 0.486 e. The molecule has 1 aromatic carbocycles. The summed E-state index contributed by atoms with van der Waals surface area (Å²) in [6.45, 7) is 6.12. The van der Waals surface area contributed by atoms with E-state index in [0.29, 0.717) is 19.1 Å². The fourth-order valence-electron chi connectivity index (χ4n) is 4.69. The van der Waals surface area contributed by atoms with Crippen molar-refractivity contribution < 1.29 is 18.7 Å². The molecule has 30 heavy (non-hydrogen) atoms. The quantitative estimate of drug-likeness (QED) is 0.717. The summed E-state index contributed by atoms with van der Waals surface area (Å²) >= 11 is 0. The highest BCUT2D eigenvalue weighted by molar-refractivity contribution is 5.43. The van der Waals surface area contributed by atoms with Gasteiger partial charge in [0.05, 0.1) is 0 Å². The van der Waals surface area contributed by atoms with E-state index in [0.717, 1.165) is 87.7 Å². The molecule has 7 nitrogen and oxygen atoms in total. The number of likely N-dealkylation sites (tertiary alicyclic amines) is 1. The highest BCUT2D eigenvalue weighted by Crippen LogP contribution is 2.32. The Kier molecular flexibility index (Phi) is 6.18. The molecule has 2 aromatic rings. The van der Waals surface area contributed by atoms with Gasteiger partial charge < -0.3 is 18.7 Å². The van der Waals surface area contributed by atoms with Crippen LogP contribution in [0.4, 0.5) is 0 Å². The van der Waals surface area contributed by atoms with Gasteiger partial charge in [0, 0.05) is 32.1 Å². The van der Waals surface area contributed by atoms with Crippen LogP contribution in [0.1, 0.15) is 55.3 Å². The van der Waals surface area contributed by atoms with Gasteiger partial charge in [0.15, 0.2) is 17.3 Å². The van der Waals surface area contributed by atoms with Gasteiger partial charge in [0.1, 0.15) is 13.2 Å². The Morgan fingerprint density at radius 2 is 1.73 bits per heavy atom. The maximum Gasteiger partial charge on any atom is 0.229 e. The number of ether oxygens (including phenoxy) is 3. The maximum absolute atomic E-state index is 5.72. The molecule has 2 fully saturated rings. The Hall–Kier alpha value is -2.12. The number of benzene rings is 1. The molecule has 2 saturated heterocycles. The Bertz CT molecular complexity index is 826. The van der Waals surface area contributed by atoms with Gasteiger partial charge in [0.25, 0.3) is 0 Å². The van der Waals surface area contributed by atoms with Gasteiger partial charge in [-0.15, -0.1) is 0 Å². The third-order valence-corrected chi connectivity index (χ3v) is 6.55. The summed E-state index contributed by atoms with van der Waals surface area (Å²) in [5, 5.41) is 4.22. The summed E-state index contributed by atoms with van der Waals surface area (Å²) in [5.74, 6) is 4.55. The SMILES string of the molecule is c1cc2c(cc1CN1CCC(CCc3noc(C4CCOCC4)n3)CC1)OCCO2. The maximum atomic E-state index is 5.72. The zero-order valence-corrected chi connectivity index (χ0v) is 17.6. The zero-order valence-electron chi connectivity index (χ0n) is 17.6. The first-order chi connectivity index (χ1) is 14.8. The predicted molar refractivity (Wildman–Crippen MR) is 111 cm³/mol. The van der Waals surface area contributed by atoms with Crippen molar-refractivity contribution in [3.05, 3.63) is 35.5 Å². The van der Waals surface area contributed by atoms with Crippen LogP contribution in [0.2, 0.25) is 0 Å². The van der Waals surface area contributed by atoms with E-state index in [1.165, 1.54) is 18.4 Å². The summed E-state index contributed by atoms with van der Waals surface area (Å²) in [6.07, 6.45) is 6.50. The van der Waals surface area contributed by atoms with Gasteiger partial charge in [-0.05, 0) is 68.8 Å². The number of hydrogen-bond donors (Lipinski definition) is 0. The summed E-state index contributed by atoms with van der Waals surface area (Å²) in [6, 6.07) is 6.33. The minimum absolute atomic E-state index is 0.379. The lowest BCUT2D eigenvalue weighted by Gasteiger charge is -2.32. The van der Waals surface area contributed by atoms with E-state index in [9.17, 15) is 0 Å². The first-order valence-corrected chi connectivity index (χ1v) is 11.3. The molecule has 0 bridgehead atoms. The molecule has 7 heteroatoms. The number of nitrogens with zero attached hydrogens (tertiary/aromatic N) is 3. The number of hydrogen-bond acceptors (Lipinski definition) is 7. The van der Waals surface area contributed by atoms with Crippen LogP contribution in [0.15, 0.2) is 22.7 Å². The van der Waals surface area contributed by atoms with E-state index < -0.39 is 0 Å². The van der Waals surface area contributed by atoms with Crippen LogP contribution in [0, 0.1) is 5.92 Å². The Labute approximate surface area is 177 Å². The van der Waals surface area contributed by atoms with Crippen molar-refractivity contribution in [2.75, 3.05) is 39.5 Å². The monoisotopic (exact) mass is 413 g/mol. The molecule has 3 aliphatic heterocycles. The summed E-state index contributed by atoms with van der Waals surface area (Å²) in [5.41, 5.74) is 1.30. The topological polar surface area (TPSA) is 69.9 Å². The van der Waals surface area contributed by atoms with E-state index in [1.54, 1.807) is 0 Å². The molecule has 0 aliphatic carbocycles. The molecule has 0 amide bonds. The fourth-order valence-corrected chi connectivity index (χ4v) is 4.69. The number of fused-ring (bicyclic) bond motifs is 1. The molecule has 0 radical (unpaired) electrons. The number of rotatable bonds is 6. The minimum atomic E-state index is 0.379. The second-order valence-corrected chi connectivity index (χ2v) is 8.67. The van der Waals surface area contributed by atoms with Gasteiger partial charge >= 0.3 is 0 Å². The van der Waals surface area contributed by atoms with Crippen LogP contribution < -0.4 is 9.47 Å². The molecule has 162 valence electrons. The van der Waals surface area contributed by atoms with Crippen LogP contribution in [0.5, 0.6) is 11.5 Å². The summed E-state index contributed by atoms with van der Waals surface area (Å²) in [7, 11) is 0. The van der Waals surface area contributed by atoms with Gasteiger partial charge in [0.2, 0.25) is 5.89 Å². The number of aryl methyl sites for hydroxylation is 1. The molecule has 0 unspecified atom stereocenters. The second kappa shape index (κ2) is 9.35. The third kappa shape index (κ3) is 4.78. The Morgan fingerprint density at radius 3 is 2.57 bits per heavy atom. The van der Waals surface area contributed by atoms with Crippen LogP contribution in [0.25, 0.3) is 0 Å². The second-order valence-electron chi connectivity index (χ2n) is 8.67.